The summed E-state index contributed by atoms with van der Waals surface area (Å²) in [5.74, 6) is 0.916. The molecule has 1 aromatic carbocycles. The van der Waals surface area contributed by atoms with Crippen LogP contribution in [-0.4, -0.2) is 31.6 Å². The number of halogens is 1. The fraction of sp³-hybridized carbons (Fsp3) is 0.571. The SMILES string of the molecule is CSCCN(C)c1cc(F)cc(CNC2CC2)c1. The third-order valence-electron chi connectivity index (χ3n) is 3.19. The second-order valence-electron chi connectivity index (χ2n) is 4.89. The van der Waals surface area contributed by atoms with Crippen molar-refractivity contribution >= 4 is 17.4 Å². The van der Waals surface area contributed by atoms with Gasteiger partial charge in [-0.25, -0.2) is 4.39 Å². The molecule has 0 atom stereocenters. The van der Waals surface area contributed by atoms with Gasteiger partial charge in [-0.3, -0.25) is 0 Å². The first-order valence-electron chi connectivity index (χ1n) is 6.42. The Kier molecular flexibility index (Phi) is 4.89. The van der Waals surface area contributed by atoms with E-state index in [1.807, 2.05) is 18.8 Å². The van der Waals surface area contributed by atoms with Crippen LogP contribution in [-0.2, 0) is 6.54 Å². The molecule has 4 heteroatoms. The molecular formula is C14H21FN2S. The molecule has 1 aliphatic carbocycles. The number of thioether (sulfide) groups is 1. The summed E-state index contributed by atoms with van der Waals surface area (Å²) < 4.78 is 13.6. The normalized spacial score (nSPS) is 14.8. The molecule has 0 unspecified atom stereocenters. The standard InChI is InChI=1S/C14H21FN2S/c1-17(5-6-18-2)14-8-11(7-12(15)9-14)10-16-13-3-4-13/h7-9,13,16H,3-6,10H2,1-2H3. The summed E-state index contributed by atoms with van der Waals surface area (Å²) in [6, 6.07) is 5.98. The van der Waals surface area contributed by atoms with Crippen LogP contribution in [0.2, 0.25) is 0 Å². The maximum atomic E-state index is 13.6. The van der Waals surface area contributed by atoms with Gasteiger partial charge in [0.1, 0.15) is 5.82 Å². The first-order valence-corrected chi connectivity index (χ1v) is 7.81. The fourth-order valence-corrected chi connectivity index (χ4v) is 2.32. The zero-order valence-corrected chi connectivity index (χ0v) is 11.9. The Balaban J connectivity index is 1.99. The van der Waals surface area contributed by atoms with Gasteiger partial charge in [-0.05, 0) is 42.9 Å². The van der Waals surface area contributed by atoms with E-state index in [9.17, 15) is 4.39 Å². The topological polar surface area (TPSA) is 15.3 Å². The Morgan fingerprint density at radius 1 is 1.39 bits per heavy atom. The molecule has 18 heavy (non-hydrogen) atoms. The van der Waals surface area contributed by atoms with Crippen LogP contribution in [0.25, 0.3) is 0 Å². The minimum atomic E-state index is -0.143. The van der Waals surface area contributed by atoms with Gasteiger partial charge in [-0.2, -0.15) is 11.8 Å². The van der Waals surface area contributed by atoms with E-state index in [-0.39, 0.29) is 5.82 Å². The van der Waals surface area contributed by atoms with Crippen LogP contribution in [0.15, 0.2) is 18.2 Å². The Hall–Kier alpha value is -0.740. The lowest BCUT2D eigenvalue weighted by atomic mass is 10.2. The van der Waals surface area contributed by atoms with Crippen LogP contribution < -0.4 is 10.2 Å². The highest BCUT2D eigenvalue weighted by Crippen LogP contribution is 2.21. The zero-order chi connectivity index (χ0) is 13.0. The molecule has 0 aliphatic heterocycles. The van der Waals surface area contributed by atoms with Crippen LogP contribution in [0.3, 0.4) is 0 Å². The van der Waals surface area contributed by atoms with Gasteiger partial charge in [0.25, 0.3) is 0 Å². The number of hydrogen-bond donors (Lipinski definition) is 1. The number of nitrogens with one attached hydrogen (secondary N) is 1. The molecule has 1 N–H and O–H groups in total. The maximum Gasteiger partial charge on any atom is 0.125 e. The summed E-state index contributed by atoms with van der Waals surface area (Å²) >= 11 is 1.81. The first-order chi connectivity index (χ1) is 8.69. The van der Waals surface area contributed by atoms with E-state index < -0.39 is 0 Å². The monoisotopic (exact) mass is 268 g/mol. The third kappa shape index (κ3) is 4.18. The van der Waals surface area contributed by atoms with Crippen molar-refractivity contribution in [1.29, 1.82) is 0 Å². The summed E-state index contributed by atoms with van der Waals surface area (Å²) in [5, 5.41) is 3.42. The van der Waals surface area contributed by atoms with E-state index in [2.05, 4.69) is 22.5 Å². The molecule has 100 valence electrons. The lowest BCUT2D eigenvalue weighted by Gasteiger charge is -2.20. The number of nitrogens with zero attached hydrogens (tertiary/aromatic N) is 1. The highest BCUT2D eigenvalue weighted by Gasteiger charge is 2.20. The van der Waals surface area contributed by atoms with Crippen molar-refractivity contribution in [3.63, 3.8) is 0 Å². The average Bonchev–Trinajstić information content (AvgIpc) is 3.17. The molecule has 0 radical (unpaired) electrons. The lowest BCUT2D eigenvalue weighted by Crippen LogP contribution is -2.21. The van der Waals surface area contributed by atoms with Crippen LogP contribution in [0, 0.1) is 5.82 Å². The van der Waals surface area contributed by atoms with Crippen molar-refractivity contribution in [2.75, 3.05) is 30.5 Å². The molecule has 1 aliphatic rings. The number of rotatable bonds is 7. The molecule has 0 bridgehead atoms. The summed E-state index contributed by atoms with van der Waals surface area (Å²) in [5.41, 5.74) is 2.00. The summed E-state index contributed by atoms with van der Waals surface area (Å²) in [6.45, 7) is 1.71. The summed E-state index contributed by atoms with van der Waals surface area (Å²) in [6.07, 6.45) is 4.61. The smallest absolute Gasteiger partial charge is 0.125 e. The summed E-state index contributed by atoms with van der Waals surface area (Å²) in [7, 11) is 2.02. The van der Waals surface area contributed by atoms with Crippen LogP contribution in [0.4, 0.5) is 10.1 Å². The average molecular weight is 268 g/mol. The van der Waals surface area contributed by atoms with Gasteiger partial charge < -0.3 is 10.2 Å². The molecular weight excluding hydrogens is 247 g/mol. The molecule has 1 aromatic rings. The summed E-state index contributed by atoms with van der Waals surface area (Å²) in [4.78, 5) is 2.11. The van der Waals surface area contributed by atoms with E-state index in [1.165, 1.54) is 12.8 Å². The minimum Gasteiger partial charge on any atom is -0.374 e. The Morgan fingerprint density at radius 2 is 2.17 bits per heavy atom. The number of hydrogen-bond acceptors (Lipinski definition) is 3. The highest BCUT2D eigenvalue weighted by molar-refractivity contribution is 7.98. The minimum absolute atomic E-state index is 0.143. The third-order valence-corrected chi connectivity index (χ3v) is 3.78. The van der Waals surface area contributed by atoms with Crippen molar-refractivity contribution in [3.05, 3.63) is 29.6 Å². The predicted octanol–water partition coefficient (Wildman–Crippen LogP) is 2.88. The Bertz CT molecular complexity index is 393. The van der Waals surface area contributed by atoms with Gasteiger partial charge in [0.2, 0.25) is 0 Å². The second-order valence-corrected chi connectivity index (χ2v) is 5.87. The molecule has 1 fully saturated rings. The molecule has 0 amide bonds. The van der Waals surface area contributed by atoms with Gasteiger partial charge >= 0.3 is 0 Å². The number of anilines is 1. The van der Waals surface area contributed by atoms with Crippen molar-refractivity contribution in [2.45, 2.75) is 25.4 Å². The zero-order valence-electron chi connectivity index (χ0n) is 11.1. The number of benzene rings is 1. The second kappa shape index (κ2) is 6.43. The van der Waals surface area contributed by atoms with Crippen molar-refractivity contribution in [2.24, 2.45) is 0 Å². The largest absolute Gasteiger partial charge is 0.374 e. The van der Waals surface area contributed by atoms with E-state index in [4.69, 9.17) is 0 Å². The van der Waals surface area contributed by atoms with Gasteiger partial charge in [-0.1, -0.05) is 0 Å². The molecule has 2 rings (SSSR count). The van der Waals surface area contributed by atoms with Crippen LogP contribution >= 0.6 is 11.8 Å². The molecule has 0 spiro atoms. The van der Waals surface area contributed by atoms with Gasteiger partial charge in [0.05, 0.1) is 0 Å². The van der Waals surface area contributed by atoms with E-state index in [0.717, 1.165) is 30.1 Å². The van der Waals surface area contributed by atoms with Gasteiger partial charge in [-0.15, -0.1) is 0 Å². The molecule has 0 saturated heterocycles. The first kappa shape index (κ1) is 13.7. The highest BCUT2D eigenvalue weighted by atomic mass is 32.2. The Morgan fingerprint density at radius 3 is 2.83 bits per heavy atom. The van der Waals surface area contributed by atoms with E-state index in [0.29, 0.717) is 6.04 Å². The van der Waals surface area contributed by atoms with E-state index in [1.54, 1.807) is 12.1 Å². The van der Waals surface area contributed by atoms with E-state index >= 15 is 0 Å². The fourth-order valence-electron chi connectivity index (χ4n) is 1.86. The van der Waals surface area contributed by atoms with Crippen molar-refractivity contribution in [1.82, 2.24) is 5.32 Å². The van der Waals surface area contributed by atoms with Crippen LogP contribution in [0.1, 0.15) is 18.4 Å². The maximum absolute atomic E-state index is 13.6. The van der Waals surface area contributed by atoms with Gasteiger partial charge in [0, 0.05) is 37.6 Å². The lowest BCUT2D eigenvalue weighted by molar-refractivity contribution is 0.619. The molecule has 1 saturated carbocycles. The quantitative estimate of drug-likeness (QED) is 0.818. The van der Waals surface area contributed by atoms with Crippen molar-refractivity contribution < 1.29 is 4.39 Å². The van der Waals surface area contributed by atoms with Gasteiger partial charge in [0.15, 0.2) is 0 Å². The molecule has 0 aromatic heterocycles. The van der Waals surface area contributed by atoms with Crippen LogP contribution in [0.5, 0.6) is 0 Å². The molecule has 2 nitrogen and oxygen atoms in total. The predicted molar refractivity (Wildman–Crippen MR) is 77.9 cm³/mol. The van der Waals surface area contributed by atoms with Crippen molar-refractivity contribution in [3.8, 4) is 0 Å². The molecule has 0 heterocycles. The Labute approximate surface area is 113 Å².